The van der Waals surface area contributed by atoms with Crippen LogP contribution in [-0.4, -0.2) is 23.2 Å². The van der Waals surface area contributed by atoms with Crippen LogP contribution in [0.25, 0.3) is 10.9 Å². The highest BCUT2D eigenvalue weighted by molar-refractivity contribution is 5.89. The van der Waals surface area contributed by atoms with Crippen molar-refractivity contribution in [1.82, 2.24) is 4.57 Å². The minimum absolute atomic E-state index is 0.0767. The highest BCUT2D eigenvalue weighted by Crippen LogP contribution is 2.34. The van der Waals surface area contributed by atoms with Crippen molar-refractivity contribution in [3.63, 3.8) is 0 Å². The number of unbranched alkanes of at least 4 members (excludes halogenated alkanes) is 1. The summed E-state index contributed by atoms with van der Waals surface area (Å²) in [6.07, 6.45) is 1.80. The number of nitrogens with zero attached hydrogens (tertiary/aromatic N) is 2. The number of nitro groups is 1. The molecule has 0 spiro atoms. The van der Waals surface area contributed by atoms with Gasteiger partial charge in [-0.15, -0.1) is 0 Å². The van der Waals surface area contributed by atoms with Gasteiger partial charge >= 0.3 is 0 Å². The fourth-order valence-electron chi connectivity index (χ4n) is 2.23. The number of aromatic nitrogens is 1. The summed E-state index contributed by atoms with van der Waals surface area (Å²) >= 11 is 0. The molecule has 0 saturated carbocycles. The van der Waals surface area contributed by atoms with E-state index >= 15 is 0 Å². The first-order valence-corrected chi connectivity index (χ1v) is 6.99. The Bertz CT molecular complexity index is 767. The first-order chi connectivity index (χ1) is 10.5. The maximum atomic E-state index is 12.3. The van der Waals surface area contributed by atoms with Gasteiger partial charge in [0.2, 0.25) is 5.75 Å². The number of pyridine rings is 1. The van der Waals surface area contributed by atoms with Gasteiger partial charge in [0.1, 0.15) is 0 Å². The molecule has 7 heteroatoms. The van der Waals surface area contributed by atoms with Gasteiger partial charge in [0.05, 0.1) is 24.2 Å². The standard InChI is InChI=1S/C15H18N2O5/c1-4-5-8-22-13-11-7-6-10(17(19)20)9-12(11)16(2)15(18)14(13)21-3/h6-7,9H,4-5,8H2,1-3H3. The minimum Gasteiger partial charge on any atom is -0.489 e. The van der Waals surface area contributed by atoms with Crippen molar-refractivity contribution < 1.29 is 14.4 Å². The van der Waals surface area contributed by atoms with E-state index in [1.54, 1.807) is 13.1 Å². The van der Waals surface area contributed by atoms with Crippen LogP contribution in [0.3, 0.4) is 0 Å². The lowest BCUT2D eigenvalue weighted by Crippen LogP contribution is -2.20. The molecule has 0 fully saturated rings. The second-order valence-corrected chi connectivity index (χ2v) is 4.89. The summed E-state index contributed by atoms with van der Waals surface area (Å²) in [5.74, 6) is 0.448. The monoisotopic (exact) mass is 306 g/mol. The normalized spacial score (nSPS) is 10.7. The number of non-ortho nitro benzene ring substituents is 1. The van der Waals surface area contributed by atoms with Crippen LogP contribution in [0.15, 0.2) is 23.0 Å². The third-order valence-electron chi connectivity index (χ3n) is 3.45. The maximum Gasteiger partial charge on any atom is 0.297 e. The molecule has 118 valence electrons. The molecule has 2 rings (SSSR count). The predicted octanol–water partition coefficient (Wildman–Crippen LogP) is 2.63. The summed E-state index contributed by atoms with van der Waals surface area (Å²) in [6, 6.07) is 4.33. The number of hydrogen-bond acceptors (Lipinski definition) is 5. The molecule has 0 amide bonds. The van der Waals surface area contributed by atoms with Crippen LogP contribution < -0.4 is 15.0 Å². The van der Waals surface area contributed by atoms with Crippen molar-refractivity contribution in [1.29, 1.82) is 0 Å². The summed E-state index contributed by atoms with van der Waals surface area (Å²) < 4.78 is 12.2. The largest absolute Gasteiger partial charge is 0.489 e. The van der Waals surface area contributed by atoms with Crippen LogP contribution in [0.5, 0.6) is 11.5 Å². The molecule has 0 saturated heterocycles. The second kappa shape index (κ2) is 6.46. The van der Waals surface area contributed by atoms with Gasteiger partial charge in [0.25, 0.3) is 11.2 Å². The lowest BCUT2D eigenvalue weighted by atomic mass is 10.1. The van der Waals surface area contributed by atoms with Crippen LogP contribution in [-0.2, 0) is 7.05 Å². The Morgan fingerprint density at radius 2 is 2.05 bits per heavy atom. The molecular weight excluding hydrogens is 288 g/mol. The number of aryl methyl sites for hydroxylation is 1. The Labute approximate surface area is 127 Å². The Balaban J connectivity index is 2.71. The molecule has 0 N–H and O–H groups in total. The Morgan fingerprint density at radius 1 is 1.32 bits per heavy atom. The molecule has 0 aliphatic carbocycles. The van der Waals surface area contributed by atoms with Gasteiger partial charge in [0, 0.05) is 24.6 Å². The molecule has 1 heterocycles. The number of rotatable bonds is 6. The number of methoxy groups -OCH3 is 1. The van der Waals surface area contributed by atoms with E-state index in [1.807, 2.05) is 6.92 Å². The van der Waals surface area contributed by atoms with Crippen molar-refractivity contribution >= 4 is 16.6 Å². The molecule has 1 aromatic heterocycles. The number of hydrogen-bond donors (Lipinski definition) is 0. The van der Waals surface area contributed by atoms with E-state index in [2.05, 4.69) is 0 Å². The van der Waals surface area contributed by atoms with Gasteiger partial charge in [-0.3, -0.25) is 14.9 Å². The van der Waals surface area contributed by atoms with Crippen molar-refractivity contribution in [2.24, 2.45) is 7.05 Å². The number of fused-ring (bicyclic) bond motifs is 1. The fourth-order valence-corrected chi connectivity index (χ4v) is 2.23. The van der Waals surface area contributed by atoms with E-state index < -0.39 is 4.92 Å². The Morgan fingerprint density at radius 3 is 2.64 bits per heavy atom. The second-order valence-electron chi connectivity index (χ2n) is 4.89. The van der Waals surface area contributed by atoms with Gasteiger partial charge in [-0.25, -0.2) is 0 Å². The summed E-state index contributed by atoms with van der Waals surface area (Å²) in [5, 5.41) is 11.5. The Kier molecular flexibility index (Phi) is 4.65. The molecule has 22 heavy (non-hydrogen) atoms. The molecule has 0 atom stereocenters. The first-order valence-electron chi connectivity index (χ1n) is 6.99. The SMILES string of the molecule is CCCCOc1c(OC)c(=O)n(C)c2cc([N+](=O)[O-])ccc12. The molecule has 7 nitrogen and oxygen atoms in total. The summed E-state index contributed by atoms with van der Waals surface area (Å²) in [6.45, 7) is 2.48. The van der Waals surface area contributed by atoms with E-state index in [9.17, 15) is 14.9 Å². The molecule has 0 aliphatic rings. The van der Waals surface area contributed by atoms with E-state index in [0.29, 0.717) is 23.3 Å². The van der Waals surface area contributed by atoms with Crippen LogP contribution in [0.1, 0.15) is 19.8 Å². The molecule has 0 unspecified atom stereocenters. The summed E-state index contributed by atoms with van der Waals surface area (Å²) in [5.41, 5.74) is -0.0272. The predicted molar refractivity (Wildman–Crippen MR) is 82.8 cm³/mol. The molecule has 0 aliphatic heterocycles. The molecular formula is C15H18N2O5. The van der Waals surface area contributed by atoms with Crippen LogP contribution >= 0.6 is 0 Å². The average Bonchev–Trinajstić information content (AvgIpc) is 2.51. The van der Waals surface area contributed by atoms with Crippen LogP contribution in [0, 0.1) is 10.1 Å². The maximum absolute atomic E-state index is 12.3. The minimum atomic E-state index is -0.494. The molecule has 2 aromatic rings. The smallest absolute Gasteiger partial charge is 0.297 e. The molecule has 0 bridgehead atoms. The summed E-state index contributed by atoms with van der Waals surface area (Å²) in [7, 11) is 2.95. The van der Waals surface area contributed by atoms with Gasteiger partial charge in [-0.2, -0.15) is 0 Å². The van der Waals surface area contributed by atoms with Gasteiger partial charge in [-0.1, -0.05) is 13.3 Å². The van der Waals surface area contributed by atoms with E-state index in [4.69, 9.17) is 9.47 Å². The van der Waals surface area contributed by atoms with E-state index in [1.165, 1.54) is 23.8 Å². The zero-order chi connectivity index (χ0) is 16.3. The fraction of sp³-hybridized carbons (Fsp3) is 0.400. The highest BCUT2D eigenvalue weighted by atomic mass is 16.6. The third kappa shape index (κ3) is 2.74. The topological polar surface area (TPSA) is 83.6 Å². The lowest BCUT2D eigenvalue weighted by Gasteiger charge is -2.15. The van der Waals surface area contributed by atoms with Gasteiger partial charge in [0.15, 0.2) is 5.75 Å². The number of nitro benzene ring substituents is 1. The highest BCUT2D eigenvalue weighted by Gasteiger charge is 2.19. The van der Waals surface area contributed by atoms with Crippen LogP contribution in [0.2, 0.25) is 0 Å². The Hall–Kier alpha value is -2.57. The van der Waals surface area contributed by atoms with Crippen LogP contribution in [0.4, 0.5) is 5.69 Å². The zero-order valence-electron chi connectivity index (χ0n) is 12.8. The van der Waals surface area contributed by atoms with Crippen molar-refractivity contribution in [2.75, 3.05) is 13.7 Å². The number of ether oxygens (including phenoxy) is 2. The number of benzene rings is 1. The first kappa shape index (κ1) is 15.8. The quantitative estimate of drug-likeness (QED) is 0.465. The average molecular weight is 306 g/mol. The zero-order valence-corrected chi connectivity index (χ0v) is 12.8. The molecule has 1 aromatic carbocycles. The molecule has 0 radical (unpaired) electrons. The van der Waals surface area contributed by atoms with Crippen molar-refractivity contribution in [3.8, 4) is 11.5 Å². The lowest BCUT2D eigenvalue weighted by molar-refractivity contribution is -0.384. The summed E-state index contributed by atoms with van der Waals surface area (Å²) in [4.78, 5) is 22.8. The van der Waals surface area contributed by atoms with E-state index in [0.717, 1.165) is 12.8 Å². The van der Waals surface area contributed by atoms with Crippen molar-refractivity contribution in [3.05, 3.63) is 38.7 Å². The van der Waals surface area contributed by atoms with Gasteiger partial charge in [-0.05, 0) is 12.5 Å². The van der Waals surface area contributed by atoms with Gasteiger partial charge < -0.3 is 14.0 Å². The van der Waals surface area contributed by atoms with Crippen molar-refractivity contribution in [2.45, 2.75) is 19.8 Å². The van der Waals surface area contributed by atoms with E-state index in [-0.39, 0.29) is 17.0 Å². The third-order valence-corrected chi connectivity index (χ3v) is 3.45.